The number of nitrogens with zero attached hydrogens (tertiary/aromatic N) is 1. The van der Waals surface area contributed by atoms with Crippen molar-refractivity contribution in [3.05, 3.63) is 26.4 Å². The summed E-state index contributed by atoms with van der Waals surface area (Å²) in [5, 5.41) is 9.64. The van der Waals surface area contributed by atoms with Gasteiger partial charge in [0.25, 0.3) is 5.56 Å². The summed E-state index contributed by atoms with van der Waals surface area (Å²) >= 11 is 0. The zero-order valence-corrected chi connectivity index (χ0v) is 9.67. The van der Waals surface area contributed by atoms with Gasteiger partial charge in [-0.3, -0.25) is 14.3 Å². The molecule has 2 N–H and O–H groups in total. The van der Waals surface area contributed by atoms with E-state index in [1.807, 2.05) is 4.98 Å². The zero-order chi connectivity index (χ0) is 13.9. The molecule has 0 spiro atoms. The molecule has 0 aromatic carbocycles. The standard InChI is InChI=1S/C10H13F3N2O3/c1-2-6-7(16)14-9(18)15(8(6)17)5-3-4-10(11,12)13/h17H,2-5H2,1H3,(H,14,16,18). The highest BCUT2D eigenvalue weighted by molar-refractivity contribution is 5.22. The molecule has 0 bridgehead atoms. The van der Waals surface area contributed by atoms with Crippen LogP contribution in [0.5, 0.6) is 5.88 Å². The Labute approximate surface area is 99.9 Å². The van der Waals surface area contributed by atoms with Crippen molar-refractivity contribution in [1.82, 2.24) is 9.55 Å². The fourth-order valence-corrected chi connectivity index (χ4v) is 1.56. The van der Waals surface area contributed by atoms with Crippen molar-refractivity contribution in [3.8, 4) is 5.88 Å². The second-order valence-electron chi connectivity index (χ2n) is 3.79. The van der Waals surface area contributed by atoms with E-state index in [4.69, 9.17) is 0 Å². The molecule has 0 atom stereocenters. The van der Waals surface area contributed by atoms with E-state index in [9.17, 15) is 27.9 Å². The van der Waals surface area contributed by atoms with Crippen LogP contribution in [0.15, 0.2) is 9.59 Å². The van der Waals surface area contributed by atoms with E-state index >= 15 is 0 Å². The van der Waals surface area contributed by atoms with Crippen molar-refractivity contribution in [2.24, 2.45) is 0 Å². The minimum Gasteiger partial charge on any atom is -0.494 e. The molecule has 0 aliphatic heterocycles. The molecule has 0 amide bonds. The van der Waals surface area contributed by atoms with Gasteiger partial charge in [0.1, 0.15) is 0 Å². The van der Waals surface area contributed by atoms with Gasteiger partial charge in [-0.05, 0) is 12.8 Å². The van der Waals surface area contributed by atoms with Crippen LogP contribution < -0.4 is 11.2 Å². The number of aromatic hydroxyl groups is 1. The van der Waals surface area contributed by atoms with Crippen LogP contribution in [0.2, 0.25) is 0 Å². The maximum absolute atomic E-state index is 12.0. The van der Waals surface area contributed by atoms with Crippen molar-refractivity contribution < 1.29 is 18.3 Å². The average molecular weight is 266 g/mol. The molecule has 1 aromatic rings. The third-order valence-electron chi connectivity index (χ3n) is 2.46. The molecule has 1 aromatic heterocycles. The first-order valence-corrected chi connectivity index (χ1v) is 5.38. The number of hydrogen-bond acceptors (Lipinski definition) is 3. The highest BCUT2D eigenvalue weighted by Gasteiger charge is 2.26. The lowest BCUT2D eigenvalue weighted by Gasteiger charge is -2.11. The molecule has 8 heteroatoms. The van der Waals surface area contributed by atoms with Crippen LogP contribution in [0, 0.1) is 0 Å². The summed E-state index contributed by atoms with van der Waals surface area (Å²) < 4.78 is 36.6. The molecule has 0 saturated heterocycles. The molecule has 5 nitrogen and oxygen atoms in total. The molecule has 0 aliphatic carbocycles. The highest BCUT2D eigenvalue weighted by Crippen LogP contribution is 2.22. The number of H-pyrrole nitrogens is 1. The second-order valence-corrected chi connectivity index (χ2v) is 3.79. The van der Waals surface area contributed by atoms with Gasteiger partial charge in [-0.15, -0.1) is 0 Å². The SMILES string of the molecule is CCc1c(O)n(CCCC(F)(F)F)c(=O)[nH]c1=O. The van der Waals surface area contributed by atoms with Crippen molar-refractivity contribution in [3.63, 3.8) is 0 Å². The molecule has 0 radical (unpaired) electrons. The maximum Gasteiger partial charge on any atom is 0.389 e. The minimum absolute atomic E-state index is 0.0124. The van der Waals surface area contributed by atoms with Gasteiger partial charge in [0.2, 0.25) is 5.88 Å². The molecular weight excluding hydrogens is 253 g/mol. The number of nitrogens with one attached hydrogen (secondary N) is 1. The summed E-state index contributed by atoms with van der Waals surface area (Å²) in [6, 6.07) is 0. The van der Waals surface area contributed by atoms with E-state index in [2.05, 4.69) is 0 Å². The van der Waals surface area contributed by atoms with Gasteiger partial charge in [0.15, 0.2) is 0 Å². The lowest BCUT2D eigenvalue weighted by molar-refractivity contribution is -0.136. The predicted octanol–water partition coefficient (Wildman–Crippen LogP) is 1.15. The summed E-state index contributed by atoms with van der Waals surface area (Å²) in [6.45, 7) is 1.29. The molecule has 102 valence electrons. The third kappa shape index (κ3) is 3.38. The Morgan fingerprint density at radius 1 is 1.33 bits per heavy atom. The predicted molar refractivity (Wildman–Crippen MR) is 57.7 cm³/mol. The molecule has 0 unspecified atom stereocenters. The van der Waals surface area contributed by atoms with Gasteiger partial charge >= 0.3 is 11.9 Å². The molecule has 0 saturated carbocycles. The lowest BCUT2D eigenvalue weighted by Crippen LogP contribution is -2.32. The minimum atomic E-state index is -4.31. The number of rotatable bonds is 4. The van der Waals surface area contributed by atoms with E-state index < -0.39 is 29.7 Å². The Bertz CT molecular complexity index is 531. The van der Waals surface area contributed by atoms with E-state index in [0.29, 0.717) is 0 Å². The van der Waals surface area contributed by atoms with Gasteiger partial charge in [-0.1, -0.05) is 6.92 Å². The van der Waals surface area contributed by atoms with Crippen LogP contribution >= 0.6 is 0 Å². The summed E-state index contributed by atoms with van der Waals surface area (Å²) in [7, 11) is 0. The molecule has 0 aliphatic rings. The van der Waals surface area contributed by atoms with Gasteiger partial charge in [0.05, 0.1) is 5.56 Å². The summed E-state index contributed by atoms with van der Waals surface area (Å²) in [5.41, 5.74) is -1.63. The van der Waals surface area contributed by atoms with E-state index in [1.54, 1.807) is 6.92 Å². The smallest absolute Gasteiger partial charge is 0.389 e. The monoisotopic (exact) mass is 266 g/mol. The van der Waals surface area contributed by atoms with E-state index in [-0.39, 0.29) is 24.9 Å². The molecule has 0 fully saturated rings. The van der Waals surface area contributed by atoms with Crippen LogP contribution in [-0.2, 0) is 13.0 Å². The Morgan fingerprint density at radius 3 is 2.44 bits per heavy atom. The van der Waals surface area contributed by atoms with Crippen LogP contribution in [0.4, 0.5) is 13.2 Å². The van der Waals surface area contributed by atoms with Crippen LogP contribution in [0.1, 0.15) is 25.3 Å². The van der Waals surface area contributed by atoms with E-state index in [0.717, 1.165) is 4.57 Å². The fraction of sp³-hybridized carbons (Fsp3) is 0.600. The first kappa shape index (κ1) is 14.3. The van der Waals surface area contributed by atoms with Crippen molar-refractivity contribution >= 4 is 0 Å². The highest BCUT2D eigenvalue weighted by atomic mass is 19.4. The largest absolute Gasteiger partial charge is 0.494 e. The quantitative estimate of drug-likeness (QED) is 0.858. The average Bonchev–Trinajstić information content (AvgIpc) is 2.21. The normalized spacial score (nSPS) is 11.8. The van der Waals surface area contributed by atoms with Crippen LogP contribution in [0.3, 0.4) is 0 Å². The Balaban J connectivity index is 2.96. The maximum atomic E-state index is 12.0. The molecule has 1 rings (SSSR count). The van der Waals surface area contributed by atoms with E-state index in [1.165, 1.54) is 0 Å². The summed E-state index contributed by atoms with van der Waals surface area (Å²) in [4.78, 5) is 24.6. The summed E-state index contributed by atoms with van der Waals surface area (Å²) in [5.74, 6) is -0.562. The number of hydrogen-bond donors (Lipinski definition) is 2. The first-order valence-electron chi connectivity index (χ1n) is 5.38. The van der Waals surface area contributed by atoms with Crippen LogP contribution in [0.25, 0.3) is 0 Å². The fourth-order valence-electron chi connectivity index (χ4n) is 1.56. The summed E-state index contributed by atoms with van der Waals surface area (Å²) in [6.07, 6.45) is -5.53. The van der Waals surface area contributed by atoms with Gasteiger partial charge in [0, 0.05) is 13.0 Å². The van der Waals surface area contributed by atoms with Gasteiger partial charge in [-0.25, -0.2) is 4.79 Å². The Morgan fingerprint density at radius 2 is 1.94 bits per heavy atom. The third-order valence-corrected chi connectivity index (χ3v) is 2.46. The lowest BCUT2D eigenvalue weighted by atomic mass is 10.2. The number of aromatic amines is 1. The van der Waals surface area contributed by atoms with Gasteiger partial charge in [-0.2, -0.15) is 13.2 Å². The Hall–Kier alpha value is -1.73. The number of aromatic nitrogens is 2. The second kappa shape index (κ2) is 5.28. The first-order chi connectivity index (χ1) is 8.26. The molecule has 1 heterocycles. The van der Waals surface area contributed by atoms with Crippen LogP contribution in [-0.4, -0.2) is 20.8 Å². The zero-order valence-electron chi connectivity index (χ0n) is 9.67. The van der Waals surface area contributed by atoms with Gasteiger partial charge < -0.3 is 5.11 Å². The molecule has 18 heavy (non-hydrogen) atoms. The van der Waals surface area contributed by atoms with Crippen molar-refractivity contribution in [1.29, 1.82) is 0 Å². The molecular formula is C10H13F3N2O3. The Kier molecular flexibility index (Phi) is 4.20. The van der Waals surface area contributed by atoms with Crippen molar-refractivity contribution in [2.45, 2.75) is 38.9 Å². The number of alkyl halides is 3. The van der Waals surface area contributed by atoms with Crippen molar-refractivity contribution in [2.75, 3.05) is 0 Å². The topological polar surface area (TPSA) is 75.1 Å². The number of halogens is 3.